The Labute approximate surface area is 291 Å². The summed E-state index contributed by atoms with van der Waals surface area (Å²) in [5.74, 6) is 0.212. The average Bonchev–Trinajstić information content (AvgIpc) is 3.70. The number of hydrogen-bond acceptors (Lipinski definition) is 4. The molecule has 0 fully saturated rings. The minimum absolute atomic E-state index is 0.0506. The smallest absolute Gasteiger partial charge is 0.0998 e. The molecule has 3 aliphatic rings. The minimum atomic E-state index is -0.0896. The first-order valence-electron chi connectivity index (χ1n) is 17.1. The molecule has 6 aromatic rings. The predicted octanol–water partition coefficient (Wildman–Crippen LogP) is 10.5. The summed E-state index contributed by atoms with van der Waals surface area (Å²) in [6.07, 6.45) is 15.1. The van der Waals surface area contributed by atoms with Crippen LogP contribution in [0.4, 0.5) is 11.4 Å². The summed E-state index contributed by atoms with van der Waals surface area (Å²) in [7, 11) is 0. The van der Waals surface area contributed by atoms with Gasteiger partial charge in [0.05, 0.1) is 47.0 Å². The van der Waals surface area contributed by atoms with Gasteiger partial charge in [0.15, 0.2) is 0 Å². The number of nitriles is 3. The van der Waals surface area contributed by atoms with Crippen molar-refractivity contribution in [3.05, 3.63) is 167 Å². The highest BCUT2D eigenvalue weighted by atomic mass is 15.2. The van der Waals surface area contributed by atoms with Crippen molar-refractivity contribution in [3.8, 4) is 29.3 Å². The van der Waals surface area contributed by atoms with Crippen LogP contribution < -0.4 is 4.90 Å². The van der Waals surface area contributed by atoms with Gasteiger partial charge in [-0.05, 0) is 84.1 Å². The maximum atomic E-state index is 10.6. The molecular weight excluding hydrogens is 611 g/mol. The molecule has 0 radical (unpaired) electrons. The topological polar surface area (TPSA) is 79.5 Å². The fourth-order valence-corrected chi connectivity index (χ4v) is 8.61. The number of nitrogens with zero attached hydrogens (tertiary/aromatic N) is 5. The van der Waals surface area contributed by atoms with Gasteiger partial charge in [0, 0.05) is 50.6 Å². The SMILES string of the molecule is N#Cc1ccc2c(c1)C1CCC=CC1N2c1cccc(-c2c(C#N)cc(C3C=CC=CC3n3c4ccccc4c4ccccc43)cc2C#N)c1. The van der Waals surface area contributed by atoms with E-state index in [0.29, 0.717) is 28.2 Å². The van der Waals surface area contributed by atoms with Crippen LogP contribution in [0.5, 0.6) is 0 Å². The fraction of sp³-hybridized carbons (Fsp3) is 0.133. The molecule has 0 amide bonds. The van der Waals surface area contributed by atoms with Crippen molar-refractivity contribution in [3.63, 3.8) is 0 Å². The molecule has 4 atom stereocenters. The van der Waals surface area contributed by atoms with Crippen molar-refractivity contribution in [2.45, 2.75) is 36.8 Å². The van der Waals surface area contributed by atoms with E-state index in [1.54, 1.807) is 0 Å². The second kappa shape index (κ2) is 11.8. The Balaban J connectivity index is 1.15. The van der Waals surface area contributed by atoms with Gasteiger partial charge in [-0.25, -0.2) is 0 Å². The minimum Gasteiger partial charge on any atom is -0.334 e. The second-order valence-corrected chi connectivity index (χ2v) is 13.3. The van der Waals surface area contributed by atoms with E-state index < -0.39 is 0 Å². The standard InChI is InChI=1S/C45H31N5/c46-26-29-20-21-44-39(22-29)38-15-4-6-17-41(38)49(44)34-11-9-10-30(25-34)45-32(27-47)23-31(24-33(45)28-48)35-12-1-5-16-40(35)50-42-18-7-2-13-36(42)37-14-3-8-19-43(37)50/h1-3,5-14,16-25,35,38,40-41H,4,15H2. The largest absolute Gasteiger partial charge is 0.334 e. The van der Waals surface area contributed by atoms with Crippen LogP contribution in [-0.2, 0) is 0 Å². The third-order valence-electron chi connectivity index (χ3n) is 10.7. The third-order valence-corrected chi connectivity index (χ3v) is 10.7. The average molecular weight is 642 g/mol. The quantitative estimate of drug-likeness (QED) is 0.179. The van der Waals surface area contributed by atoms with E-state index in [1.165, 1.54) is 16.3 Å². The Morgan fingerprint density at radius 1 is 0.640 bits per heavy atom. The molecule has 1 aromatic heterocycles. The number of para-hydroxylation sites is 2. The molecule has 50 heavy (non-hydrogen) atoms. The van der Waals surface area contributed by atoms with Gasteiger partial charge in [0.1, 0.15) is 0 Å². The molecule has 0 saturated carbocycles. The first kappa shape index (κ1) is 29.5. The van der Waals surface area contributed by atoms with Crippen LogP contribution >= 0.6 is 0 Å². The summed E-state index contributed by atoms with van der Waals surface area (Å²) in [5, 5.41) is 33.3. The summed E-state index contributed by atoms with van der Waals surface area (Å²) in [5.41, 5.74) is 9.67. The molecule has 0 N–H and O–H groups in total. The van der Waals surface area contributed by atoms with E-state index in [2.05, 4.69) is 131 Å². The van der Waals surface area contributed by atoms with E-state index in [0.717, 1.165) is 46.4 Å². The van der Waals surface area contributed by atoms with E-state index in [9.17, 15) is 15.8 Å². The highest BCUT2D eigenvalue weighted by molar-refractivity contribution is 6.08. The molecular formula is C45H31N5. The van der Waals surface area contributed by atoms with Crippen molar-refractivity contribution in [1.82, 2.24) is 4.57 Å². The molecule has 1 aliphatic heterocycles. The predicted molar refractivity (Wildman–Crippen MR) is 199 cm³/mol. The Morgan fingerprint density at radius 3 is 2.08 bits per heavy atom. The Morgan fingerprint density at radius 2 is 1.36 bits per heavy atom. The van der Waals surface area contributed by atoms with Crippen molar-refractivity contribution in [1.29, 1.82) is 15.8 Å². The zero-order chi connectivity index (χ0) is 33.8. The highest BCUT2D eigenvalue weighted by Gasteiger charge is 2.39. The number of hydrogen-bond donors (Lipinski definition) is 0. The molecule has 0 saturated heterocycles. The molecule has 0 spiro atoms. The molecule has 236 valence electrons. The van der Waals surface area contributed by atoms with Crippen LogP contribution in [-0.4, -0.2) is 10.6 Å². The van der Waals surface area contributed by atoms with Gasteiger partial charge in [0.25, 0.3) is 0 Å². The van der Waals surface area contributed by atoms with Crippen LogP contribution in [0.15, 0.2) is 140 Å². The van der Waals surface area contributed by atoms with Gasteiger partial charge in [-0.1, -0.05) is 85.0 Å². The number of benzene rings is 5. The molecule has 5 heteroatoms. The Kier molecular flexibility index (Phi) is 6.98. The Bertz CT molecular complexity index is 2490. The van der Waals surface area contributed by atoms with Gasteiger partial charge in [-0.2, -0.15) is 15.8 Å². The monoisotopic (exact) mass is 641 g/mol. The number of aromatic nitrogens is 1. The zero-order valence-electron chi connectivity index (χ0n) is 27.2. The van der Waals surface area contributed by atoms with E-state index in [-0.39, 0.29) is 18.0 Å². The lowest BCUT2D eigenvalue weighted by Crippen LogP contribution is -2.29. The third kappa shape index (κ3) is 4.51. The molecule has 9 rings (SSSR count). The maximum Gasteiger partial charge on any atom is 0.0998 e. The lowest BCUT2D eigenvalue weighted by molar-refractivity contribution is 0.573. The second-order valence-electron chi connectivity index (χ2n) is 13.3. The summed E-state index contributed by atoms with van der Waals surface area (Å²) >= 11 is 0. The number of anilines is 2. The van der Waals surface area contributed by atoms with Gasteiger partial charge >= 0.3 is 0 Å². The summed E-state index contributed by atoms with van der Waals surface area (Å²) in [4.78, 5) is 2.35. The first-order valence-corrected chi connectivity index (χ1v) is 17.1. The van der Waals surface area contributed by atoms with Crippen molar-refractivity contribution in [2.24, 2.45) is 0 Å². The molecule has 2 heterocycles. The normalized spacial score (nSPS) is 20.3. The van der Waals surface area contributed by atoms with Crippen LogP contribution in [0, 0.1) is 34.0 Å². The molecule has 4 unspecified atom stereocenters. The van der Waals surface area contributed by atoms with Crippen LogP contribution in [0.3, 0.4) is 0 Å². The van der Waals surface area contributed by atoms with Gasteiger partial charge in [-0.3, -0.25) is 0 Å². The summed E-state index contributed by atoms with van der Waals surface area (Å²) in [6.45, 7) is 0. The highest BCUT2D eigenvalue weighted by Crippen LogP contribution is 2.50. The lowest BCUT2D eigenvalue weighted by atomic mass is 9.83. The van der Waals surface area contributed by atoms with Gasteiger partial charge in [-0.15, -0.1) is 0 Å². The molecule has 0 bridgehead atoms. The fourth-order valence-electron chi connectivity index (χ4n) is 8.61. The zero-order valence-corrected chi connectivity index (χ0v) is 27.2. The lowest BCUT2D eigenvalue weighted by Gasteiger charge is -2.31. The van der Waals surface area contributed by atoms with E-state index >= 15 is 0 Å². The first-order chi connectivity index (χ1) is 24.7. The van der Waals surface area contributed by atoms with Crippen molar-refractivity contribution in [2.75, 3.05) is 4.90 Å². The molecule has 5 aromatic carbocycles. The maximum absolute atomic E-state index is 10.6. The Hall–Kier alpha value is -6.61. The van der Waals surface area contributed by atoms with Crippen LogP contribution in [0.1, 0.15) is 58.5 Å². The van der Waals surface area contributed by atoms with Gasteiger partial charge < -0.3 is 9.47 Å². The van der Waals surface area contributed by atoms with Crippen LogP contribution in [0.25, 0.3) is 32.9 Å². The van der Waals surface area contributed by atoms with Crippen molar-refractivity contribution >= 4 is 33.2 Å². The van der Waals surface area contributed by atoms with Crippen molar-refractivity contribution < 1.29 is 0 Å². The molecule has 2 aliphatic carbocycles. The van der Waals surface area contributed by atoms with E-state index in [4.69, 9.17) is 0 Å². The number of fused-ring (bicyclic) bond motifs is 6. The number of rotatable bonds is 4. The summed E-state index contributed by atoms with van der Waals surface area (Å²) < 4.78 is 2.39. The van der Waals surface area contributed by atoms with Gasteiger partial charge in [0.2, 0.25) is 0 Å². The van der Waals surface area contributed by atoms with E-state index in [1.807, 2.05) is 36.4 Å². The molecule has 5 nitrogen and oxygen atoms in total. The summed E-state index contributed by atoms with van der Waals surface area (Å²) in [6, 6.07) is 42.5. The number of allylic oxidation sites excluding steroid dienone is 5. The van der Waals surface area contributed by atoms with Crippen LogP contribution in [0.2, 0.25) is 0 Å².